The minimum absolute atomic E-state index is 1.08. The zero-order valence-electron chi connectivity index (χ0n) is 32.2. The van der Waals surface area contributed by atoms with Crippen LogP contribution in [-0.4, -0.2) is 0 Å². The molecule has 1 aliphatic carbocycles. The normalized spacial score (nSPS) is 12.1. The standard InChI is InChI=1S/C56H41NS/c1-3-38-25-26-45(35-39(38)4-2)44-16-9-15-43(36-44)40-27-31-47(32-28-40)57(48-33-29-42(30-34-48)51-21-11-14-41-13-5-6-19-50(41)51)49-18-10-17-46(37-49)52-22-12-23-54-53-20-7-8-24-55(53)58-56(52)54/h3-4,6-12,14-37H,1-2,5,13H2. The van der Waals surface area contributed by atoms with Crippen molar-refractivity contribution >= 4 is 66.8 Å². The van der Waals surface area contributed by atoms with Gasteiger partial charge in [-0.2, -0.15) is 0 Å². The lowest BCUT2D eigenvalue weighted by Crippen LogP contribution is -2.10. The average molecular weight is 760 g/mol. The Morgan fingerprint density at radius 2 is 1.10 bits per heavy atom. The van der Waals surface area contributed by atoms with Crippen LogP contribution in [0.4, 0.5) is 17.1 Å². The summed E-state index contributed by atoms with van der Waals surface area (Å²) in [5, 5.41) is 2.62. The third-order valence-corrected chi connectivity index (χ3v) is 12.7. The van der Waals surface area contributed by atoms with Crippen molar-refractivity contribution in [1.29, 1.82) is 0 Å². The van der Waals surface area contributed by atoms with E-state index in [1.54, 1.807) is 0 Å². The first-order chi connectivity index (χ1) is 28.6. The Balaban J connectivity index is 1.05. The van der Waals surface area contributed by atoms with Gasteiger partial charge in [0.05, 0.1) is 0 Å². The molecule has 1 aliphatic rings. The molecular formula is C56H41NS. The minimum atomic E-state index is 1.08. The Bertz CT molecular complexity index is 3030. The van der Waals surface area contributed by atoms with Crippen LogP contribution in [0.1, 0.15) is 28.7 Å². The first-order valence-corrected chi connectivity index (χ1v) is 20.8. The molecule has 10 rings (SSSR count). The third kappa shape index (κ3) is 6.48. The summed E-state index contributed by atoms with van der Waals surface area (Å²) in [4.78, 5) is 2.39. The molecule has 1 nitrogen and oxygen atoms in total. The molecule has 0 unspecified atom stereocenters. The molecule has 0 atom stereocenters. The van der Waals surface area contributed by atoms with Gasteiger partial charge >= 0.3 is 0 Å². The van der Waals surface area contributed by atoms with Gasteiger partial charge in [-0.05, 0) is 134 Å². The lowest BCUT2D eigenvalue weighted by atomic mass is 9.90. The van der Waals surface area contributed by atoms with E-state index in [9.17, 15) is 0 Å². The minimum Gasteiger partial charge on any atom is -0.310 e. The van der Waals surface area contributed by atoms with E-state index in [1.807, 2.05) is 23.5 Å². The number of benzene rings is 8. The molecule has 0 bridgehead atoms. The number of hydrogen-bond donors (Lipinski definition) is 0. The predicted octanol–water partition coefficient (Wildman–Crippen LogP) is 16.4. The van der Waals surface area contributed by atoms with E-state index in [0.717, 1.165) is 46.6 Å². The fraction of sp³-hybridized carbons (Fsp3) is 0.0357. The molecule has 0 saturated carbocycles. The average Bonchev–Trinajstić information content (AvgIpc) is 3.68. The summed E-state index contributed by atoms with van der Waals surface area (Å²) in [6, 6.07) is 64.5. The summed E-state index contributed by atoms with van der Waals surface area (Å²) in [5.41, 5.74) is 17.9. The van der Waals surface area contributed by atoms with Gasteiger partial charge in [0.1, 0.15) is 0 Å². The van der Waals surface area contributed by atoms with Crippen LogP contribution in [0, 0.1) is 0 Å². The molecule has 2 heteroatoms. The van der Waals surface area contributed by atoms with Crippen molar-refractivity contribution in [3.05, 3.63) is 217 Å². The van der Waals surface area contributed by atoms with Crippen LogP contribution in [0.2, 0.25) is 0 Å². The van der Waals surface area contributed by atoms with Crippen molar-refractivity contribution in [2.45, 2.75) is 12.8 Å². The first kappa shape index (κ1) is 35.4. The Morgan fingerprint density at radius 3 is 1.91 bits per heavy atom. The summed E-state index contributed by atoms with van der Waals surface area (Å²) < 4.78 is 2.64. The van der Waals surface area contributed by atoms with Crippen LogP contribution >= 0.6 is 11.3 Å². The van der Waals surface area contributed by atoms with Crippen LogP contribution in [0.3, 0.4) is 0 Å². The number of hydrogen-bond acceptors (Lipinski definition) is 2. The molecule has 0 amide bonds. The molecule has 0 aliphatic heterocycles. The number of aryl methyl sites for hydroxylation is 1. The van der Waals surface area contributed by atoms with Gasteiger partial charge in [-0.15, -0.1) is 11.3 Å². The van der Waals surface area contributed by atoms with Crippen LogP contribution in [0.25, 0.3) is 82.9 Å². The highest BCUT2D eigenvalue weighted by Crippen LogP contribution is 2.43. The lowest BCUT2D eigenvalue weighted by Gasteiger charge is -2.27. The number of nitrogens with zero attached hydrogens (tertiary/aromatic N) is 1. The smallest absolute Gasteiger partial charge is 0.0467 e. The van der Waals surface area contributed by atoms with E-state index in [2.05, 4.69) is 206 Å². The number of anilines is 3. The van der Waals surface area contributed by atoms with Crippen molar-refractivity contribution in [2.24, 2.45) is 0 Å². The molecule has 1 aromatic heterocycles. The Labute approximate surface area is 344 Å². The molecule has 0 N–H and O–H groups in total. The quantitative estimate of drug-likeness (QED) is 0.142. The van der Waals surface area contributed by atoms with Crippen molar-refractivity contribution < 1.29 is 0 Å². The first-order valence-electron chi connectivity index (χ1n) is 19.9. The van der Waals surface area contributed by atoms with Crippen molar-refractivity contribution in [3.8, 4) is 44.5 Å². The largest absolute Gasteiger partial charge is 0.310 e. The number of thiophene rings is 1. The highest BCUT2D eigenvalue weighted by molar-refractivity contribution is 7.26. The zero-order valence-corrected chi connectivity index (χ0v) is 33.1. The summed E-state index contributed by atoms with van der Waals surface area (Å²) in [6.07, 6.45) is 10.6. The molecule has 58 heavy (non-hydrogen) atoms. The number of allylic oxidation sites excluding steroid dienone is 1. The number of fused-ring (bicyclic) bond motifs is 4. The van der Waals surface area contributed by atoms with Gasteiger partial charge < -0.3 is 4.90 Å². The summed E-state index contributed by atoms with van der Waals surface area (Å²) in [6.45, 7) is 7.99. The van der Waals surface area contributed by atoms with Gasteiger partial charge in [-0.1, -0.05) is 159 Å². The molecule has 0 radical (unpaired) electrons. The molecule has 9 aromatic rings. The molecule has 276 valence electrons. The van der Waals surface area contributed by atoms with E-state index in [-0.39, 0.29) is 0 Å². The second-order valence-electron chi connectivity index (χ2n) is 14.9. The van der Waals surface area contributed by atoms with E-state index >= 15 is 0 Å². The van der Waals surface area contributed by atoms with E-state index in [4.69, 9.17) is 0 Å². The topological polar surface area (TPSA) is 3.24 Å². The van der Waals surface area contributed by atoms with E-state index < -0.39 is 0 Å². The maximum absolute atomic E-state index is 4.03. The molecular weight excluding hydrogens is 719 g/mol. The molecule has 0 fully saturated rings. The molecule has 8 aromatic carbocycles. The third-order valence-electron chi connectivity index (χ3n) is 11.5. The van der Waals surface area contributed by atoms with Crippen LogP contribution in [0.5, 0.6) is 0 Å². The van der Waals surface area contributed by atoms with Gasteiger partial charge in [0.25, 0.3) is 0 Å². The second-order valence-corrected chi connectivity index (χ2v) is 16.0. The summed E-state index contributed by atoms with van der Waals surface area (Å²) in [7, 11) is 0. The van der Waals surface area contributed by atoms with Crippen molar-refractivity contribution in [2.75, 3.05) is 4.90 Å². The fourth-order valence-electron chi connectivity index (χ4n) is 8.54. The Hall–Kier alpha value is -7.00. The summed E-state index contributed by atoms with van der Waals surface area (Å²) in [5.74, 6) is 0. The monoisotopic (exact) mass is 759 g/mol. The zero-order chi connectivity index (χ0) is 39.0. The van der Waals surface area contributed by atoms with Crippen LogP contribution in [-0.2, 0) is 6.42 Å². The molecule has 1 heterocycles. The second kappa shape index (κ2) is 15.2. The number of rotatable bonds is 9. The fourth-order valence-corrected chi connectivity index (χ4v) is 9.78. The van der Waals surface area contributed by atoms with Crippen LogP contribution in [0.15, 0.2) is 195 Å². The van der Waals surface area contributed by atoms with Gasteiger partial charge in [-0.3, -0.25) is 0 Å². The van der Waals surface area contributed by atoms with Gasteiger partial charge in [-0.25, -0.2) is 0 Å². The van der Waals surface area contributed by atoms with Gasteiger partial charge in [0, 0.05) is 37.2 Å². The highest BCUT2D eigenvalue weighted by Gasteiger charge is 2.17. The lowest BCUT2D eigenvalue weighted by molar-refractivity contribution is 0.986. The SMILES string of the molecule is C=Cc1ccc(-c2cccc(-c3ccc(N(c4ccc(-c5cccc6c5C=CCC6)cc4)c4cccc(-c5cccc6c5sc5ccccc56)c4)cc3)c2)cc1C=C. The maximum atomic E-state index is 4.03. The Morgan fingerprint density at radius 1 is 0.466 bits per heavy atom. The van der Waals surface area contributed by atoms with Gasteiger partial charge in [0.15, 0.2) is 0 Å². The van der Waals surface area contributed by atoms with Crippen molar-refractivity contribution in [3.63, 3.8) is 0 Å². The summed E-state index contributed by atoms with van der Waals surface area (Å²) >= 11 is 1.87. The van der Waals surface area contributed by atoms with Gasteiger partial charge in [0.2, 0.25) is 0 Å². The predicted molar refractivity (Wildman–Crippen MR) is 253 cm³/mol. The highest BCUT2D eigenvalue weighted by atomic mass is 32.1. The Kier molecular flexibility index (Phi) is 9.25. The molecule has 0 saturated heterocycles. The molecule has 0 spiro atoms. The van der Waals surface area contributed by atoms with Crippen LogP contribution < -0.4 is 4.90 Å². The maximum Gasteiger partial charge on any atom is 0.0467 e. The van der Waals surface area contributed by atoms with E-state index in [1.165, 1.54) is 70.2 Å². The van der Waals surface area contributed by atoms with Crippen molar-refractivity contribution in [1.82, 2.24) is 0 Å². The van der Waals surface area contributed by atoms with E-state index in [0.29, 0.717) is 0 Å².